The van der Waals surface area contributed by atoms with Crippen LogP contribution in [0.4, 0.5) is 5.69 Å². The molecule has 126 valence electrons. The number of hydrogen-bond acceptors (Lipinski definition) is 3. The van der Waals surface area contributed by atoms with Crippen LogP contribution in [0.2, 0.25) is 0 Å². The molecule has 0 aliphatic heterocycles. The minimum absolute atomic E-state index is 0.252. The van der Waals surface area contributed by atoms with E-state index in [-0.39, 0.29) is 6.04 Å². The number of thiocarbonyl (C=S) groups is 1. The molecule has 1 atom stereocenters. The van der Waals surface area contributed by atoms with Gasteiger partial charge in [0.25, 0.3) is 0 Å². The lowest BCUT2D eigenvalue weighted by molar-refractivity contribution is 0.395. The molecule has 0 fully saturated rings. The third-order valence-electron chi connectivity index (χ3n) is 4.28. The topological polar surface area (TPSA) is 42.5 Å². The smallest absolute Gasteiger partial charge is 0.171 e. The number of anilines is 1. The molecule has 1 aliphatic carbocycles. The fourth-order valence-electron chi connectivity index (χ4n) is 3.11. The number of hydrogen-bond donors (Lipinski definition) is 2. The van der Waals surface area contributed by atoms with Crippen LogP contribution in [0.5, 0.6) is 11.5 Å². The summed E-state index contributed by atoms with van der Waals surface area (Å²) in [5.74, 6) is 1.45. The van der Waals surface area contributed by atoms with Crippen molar-refractivity contribution in [1.29, 1.82) is 0 Å². The van der Waals surface area contributed by atoms with Crippen molar-refractivity contribution in [2.45, 2.75) is 25.3 Å². The van der Waals surface area contributed by atoms with Gasteiger partial charge in [0.2, 0.25) is 0 Å². The average molecular weight is 342 g/mol. The summed E-state index contributed by atoms with van der Waals surface area (Å²) in [6.45, 7) is 0. The largest absolute Gasteiger partial charge is 0.497 e. The van der Waals surface area contributed by atoms with Crippen molar-refractivity contribution in [1.82, 2.24) is 5.32 Å². The molecule has 0 heterocycles. The number of nitrogens with one attached hydrogen (secondary N) is 2. The van der Waals surface area contributed by atoms with Crippen molar-refractivity contribution in [2.75, 3.05) is 19.5 Å². The van der Waals surface area contributed by atoms with E-state index in [9.17, 15) is 0 Å². The SMILES string of the molecule is COc1cc(NC(=S)NC2CCCc3ccccc32)cc(OC)c1. The van der Waals surface area contributed by atoms with Gasteiger partial charge in [0.15, 0.2) is 5.11 Å². The predicted molar refractivity (Wildman–Crippen MR) is 101 cm³/mol. The summed E-state index contributed by atoms with van der Waals surface area (Å²) in [4.78, 5) is 0. The zero-order valence-corrected chi connectivity index (χ0v) is 14.8. The Morgan fingerprint density at radius 1 is 1.08 bits per heavy atom. The summed E-state index contributed by atoms with van der Waals surface area (Å²) < 4.78 is 10.6. The van der Waals surface area contributed by atoms with Gasteiger partial charge in [-0.2, -0.15) is 0 Å². The summed E-state index contributed by atoms with van der Waals surface area (Å²) in [5, 5.41) is 7.27. The van der Waals surface area contributed by atoms with Gasteiger partial charge in [0.1, 0.15) is 11.5 Å². The van der Waals surface area contributed by atoms with Gasteiger partial charge in [0.05, 0.1) is 20.3 Å². The molecular formula is C19H22N2O2S. The molecule has 2 N–H and O–H groups in total. The van der Waals surface area contributed by atoms with E-state index in [1.54, 1.807) is 14.2 Å². The van der Waals surface area contributed by atoms with Gasteiger partial charge in [-0.05, 0) is 42.6 Å². The van der Waals surface area contributed by atoms with Gasteiger partial charge >= 0.3 is 0 Å². The molecule has 1 unspecified atom stereocenters. The molecule has 24 heavy (non-hydrogen) atoms. The lowest BCUT2D eigenvalue weighted by Crippen LogP contribution is -2.34. The zero-order valence-electron chi connectivity index (χ0n) is 14.0. The van der Waals surface area contributed by atoms with E-state index in [0.29, 0.717) is 5.11 Å². The molecule has 2 aromatic carbocycles. The standard InChI is InChI=1S/C19H22N2O2S/c1-22-15-10-14(11-16(12-15)23-2)20-19(24)21-18-9-5-7-13-6-3-4-8-17(13)18/h3-4,6,8,10-12,18H,5,7,9H2,1-2H3,(H2,20,21,24). The van der Waals surface area contributed by atoms with Crippen LogP contribution >= 0.6 is 12.2 Å². The Morgan fingerprint density at radius 2 is 1.79 bits per heavy atom. The van der Waals surface area contributed by atoms with Crippen molar-refractivity contribution in [3.05, 3.63) is 53.6 Å². The average Bonchev–Trinajstić information content (AvgIpc) is 2.61. The highest BCUT2D eigenvalue weighted by molar-refractivity contribution is 7.80. The normalized spacial score (nSPS) is 16.0. The van der Waals surface area contributed by atoms with Crippen molar-refractivity contribution in [2.24, 2.45) is 0 Å². The summed E-state index contributed by atoms with van der Waals surface area (Å²) in [7, 11) is 3.27. The van der Waals surface area contributed by atoms with E-state index in [1.165, 1.54) is 17.5 Å². The molecule has 2 aromatic rings. The quantitative estimate of drug-likeness (QED) is 0.820. The molecule has 3 rings (SSSR count). The fraction of sp³-hybridized carbons (Fsp3) is 0.316. The Morgan fingerprint density at radius 3 is 2.50 bits per heavy atom. The van der Waals surface area contributed by atoms with Crippen LogP contribution in [-0.4, -0.2) is 19.3 Å². The maximum Gasteiger partial charge on any atom is 0.171 e. The fourth-order valence-corrected chi connectivity index (χ4v) is 3.37. The van der Waals surface area contributed by atoms with Gasteiger partial charge < -0.3 is 20.1 Å². The third kappa shape index (κ3) is 3.79. The Kier molecular flexibility index (Phi) is 5.20. The van der Waals surface area contributed by atoms with E-state index in [4.69, 9.17) is 21.7 Å². The maximum atomic E-state index is 5.50. The first kappa shape index (κ1) is 16.6. The first-order valence-electron chi connectivity index (χ1n) is 8.08. The minimum Gasteiger partial charge on any atom is -0.497 e. The molecule has 1 aliphatic rings. The highest BCUT2D eigenvalue weighted by Crippen LogP contribution is 2.30. The van der Waals surface area contributed by atoms with Gasteiger partial charge in [-0.15, -0.1) is 0 Å². The molecule has 0 saturated heterocycles. The second-order valence-corrected chi connectivity index (χ2v) is 6.25. The van der Waals surface area contributed by atoms with Crippen LogP contribution in [0.1, 0.15) is 30.0 Å². The Balaban J connectivity index is 1.71. The van der Waals surface area contributed by atoms with Crippen molar-refractivity contribution >= 4 is 23.0 Å². The Labute approximate surface area is 148 Å². The van der Waals surface area contributed by atoms with E-state index in [2.05, 4.69) is 34.9 Å². The summed E-state index contributed by atoms with van der Waals surface area (Å²) in [6, 6.07) is 14.4. The highest BCUT2D eigenvalue weighted by atomic mass is 32.1. The summed E-state index contributed by atoms with van der Waals surface area (Å²) >= 11 is 5.50. The lowest BCUT2D eigenvalue weighted by Gasteiger charge is -2.27. The molecule has 0 aromatic heterocycles. The molecule has 5 heteroatoms. The van der Waals surface area contributed by atoms with Crippen molar-refractivity contribution in [3.8, 4) is 11.5 Å². The minimum atomic E-state index is 0.252. The van der Waals surface area contributed by atoms with Crippen LogP contribution < -0.4 is 20.1 Å². The van der Waals surface area contributed by atoms with Crippen LogP contribution in [0.25, 0.3) is 0 Å². The first-order valence-corrected chi connectivity index (χ1v) is 8.49. The molecule has 0 radical (unpaired) electrons. The number of fused-ring (bicyclic) bond motifs is 1. The molecule has 0 saturated carbocycles. The zero-order chi connectivity index (χ0) is 16.9. The van der Waals surface area contributed by atoms with Gasteiger partial charge in [-0.3, -0.25) is 0 Å². The van der Waals surface area contributed by atoms with Crippen LogP contribution in [0.15, 0.2) is 42.5 Å². The third-order valence-corrected chi connectivity index (χ3v) is 4.50. The molecular weight excluding hydrogens is 320 g/mol. The van der Waals surface area contributed by atoms with Gasteiger partial charge in [0, 0.05) is 23.9 Å². The molecule has 0 bridgehead atoms. The number of methoxy groups -OCH3 is 2. The van der Waals surface area contributed by atoms with E-state index in [0.717, 1.165) is 30.0 Å². The second-order valence-electron chi connectivity index (χ2n) is 5.84. The van der Waals surface area contributed by atoms with Crippen molar-refractivity contribution in [3.63, 3.8) is 0 Å². The van der Waals surface area contributed by atoms with E-state index >= 15 is 0 Å². The van der Waals surface area contributed by atoms with Crippen LogP contribution in [0, 0.1) is 0 Å². The van der Waals surface area contributed by atoms with Gasteiger partial charge in [-0.1, -0.05) is 24.3 Å². The van der Waals surface area contributed by atoms with Gasteiger partial charge in [-0.25, -0.2) is 0 Å². The summed E-state index contributed by atoms with van der Waals surface area (Å²) in [5.41, 5.74) is 3.59. The monoisotopic (exact) mass is 342 g/mol. The number of aryl methyl sites for hydroxylation is 1. The molecule has 0 spiro atoms. The Hall–Kier alpha value is -2.27. The van der Waals surface area contributed by atoms with Crippen LogP contribution in [0.3, 0.4) is 0 Å². The Bertz CT molecular complexity index is 711. The van der Waals surface area contributed by atoms with E-state index < -0.39 is 0 Å². The summed E-state index contributed by atoms with van der Waals surface area (Å²) in [6.07, 6.45) is 3.40. The molecule has 4 nitrogen and oxygen atoms in total. The number of ether oxygens (including phenoxy) is 2. The highest BCUT2D eigenvalue weighted by Gasteiger charge is 2.20. The van der Waals surface area contributed by atoms with Crippen LogP contribution in [-0.2, 0) is 6.42 Å². The molecule has 0 amide bonds. The van der Waals surface area contributed by atoms with Crippen molar-refractivity contribution < 1.29 is 9.47 Å². The maximum absolute atomic E-state index is 5.50. The number of benzene rings is 2. The second kappa shape index (κ2) is 7.53. The van der Waals surface area contributed by atoms with E-state index in [1.807, 2.05) is 18.2 Å². The predicted octanol–water partition coefficient (Wildman–Crippen LogP) is 4.07. The lowest BCUT2D eigenvalue weighted by atomic mass is 9.88. The number of rotatable bonds is 4. The first-order chi connectivity index (χ1) is 11.7.